The smallest absolute Gasteiger partial charge is 0.175 e. The maximum Gasteiger partial charge on any atom is 0.175 e. The molecule has 102 valence electrons. The standard InChI is InChI=1S/C16H17N3S/c1-3-7-14(8-4-1)13-19(15-9-5-2-6-10-15)18-16-17-11-12-20-16/h1-10H,11-13H2,(H,17,18). The van der Waals surface area contributed by atoms with Crippen LogP contribution < -0.4 is 10.4 Å². The summed E-state index contributed by atoms with van der Waals surface area (Å²) in [5.41, 5.74) is 5.84. The predicted molar refractivity (Wildman–Crippen MR) is 87.0 cm³/mol. The largest absolute Gasteiger partial charge is 0.282 e. The summed E-state index contributed by atoms with van der Waals surface area (Å²) in [5, 5.41) is 3.15. The van der Waals surface area contributed by atoms with E-state index in [0.717, 1.165) is 29.7 Å². The van der Waals surface area contributed by atoms with Gasteiger partial charge in [0.1, 0.15) is 0 Å². The van der Waals surface area contributed by atoms with Crippen molar-refractivity contribution in [3.8, 4) is 0 Å². The molecule has 0 aliphatic carbocycles. The molecule has 1 aliphatic heterocycles. The lowest BCUT2D eigenvalue weighted by Crippen LogP contribution is -2.40. The highest BCUT2D eigenvalue weighted by molar-refractivity contribution is 8.14. The van der Waals surface area contributed by atoms with Crippen LogP contribution in [0.4, 0.5) is 5.69 Å². The second-order valence-electron chi connectivity index (χ2n) is 4.55. The third kappa shape index (κ3) is 3.33. The first-order chi connectivity index (χ1) is 9.92. The molecule has 2 aromatic rings. The summed E-state index contributed by atoms with van der Waals surface area (Å²) in [6, 6.07) is 20.8. The topological polar surface area (TPSA) is 27.6 Å². The fourth-order valence-corrected chi connectivity index (χ4v) is 2.82. The minimum Gasteiger partial charge on any atom is -0.282 e. The first-order valence-corrected chi connectivity index (χ1v) is 7.71. The van der Waals surface area contributed by atoms with Gasteiger partial charge in [0.15, 0.2) is 5.17 Å². The summed E-state index contributed by atoms with van der Waals surface area (Å²) >= 11 is 1.77. The second kappa shape index (κ2) is 6.48. The maximum atomic E-state index is 4.47. The van der Waals surface area contributed by atoms with Crippen molar-refractivity contribution in [2.45, 2.75) is 6.54 Å². The van der Waals surface area contributed by atoms with Crippen LogP contribution in [0.15, 0.2) is 65.7 Å². The van der Waals surface area contributed by atoms with Crippen molar-refractivity contribution in [3.05, 3.63) is 66.2 Å². The minimum absolute atomic E-state index is 0.810. The van der Waals surface area contributed by atoms with Gasteiger partial charge in [-0.2, -0.15) is 0 Å². The van der Waals surface area contributed by atoms with Gasteiger partial charge in [-0.15, -0.1) is 0 Å². The molecule has 4 heteroatoms. The van der Waals surface area contributed by atoms with Gasteiger partial charge >= 0.3 is 0 Å². The number of hydrogen-bond donors (Lipinski definition) is 1. The molecule has 3 nitrogen and oxygen atoms in total. The van der Waals surface area contributed by atoms with Crippen LogP contribution in [0, 0.1) is 0 Å². The molecular formula is C16H17N3S. The molecule has 0 fully saturated rings. The van der Waals surface area contributed by atoms with E-state index in [2.05, 4.69) is 64.0 Å². The van der Waals surface area contributed by atoms with Crippen molar-refractivity contribution in [3.63, 3.8) is 0 Å². The highest BCUT2D eigenvalue weighted by atomic mass is 32.2. The molecule has 0 unspecified atom stereocenters. The van der Waals surface area contributed by atoms with E-state index in [1.807, 2.05) is 12.1 Å². The number of anilines is 1. The molecule has 1 aliphatic rings. The zero-order valence-electron chi connectivity index (χ0n) is 11.2. The van der Waals surface area contributed by atoms with E-state index < -0.39 is 0 Å². The Kier molecular flexibility index (Phi) is 4.23. The number of amidine groups is 1. The van der Waals surface area contributed by atoms with E-state index in [4.69, 9.17) is 0 Å². The molecule has 0 amide bonds. The summed E-state index contributed by atoms with van der Waals surface area (Å²) < 4.78 is 0. The predicted octanol–water partition coefficient (Wildman–Crippen LogP) is 3.30. The number of benzene rings is 2. The van der Waals surface area contributed by atoms with E-state index in [-0.39, 0.29) is 0 Å². The van der Waals surface area contributed by atoms with Crippen LogP contribution in [0.3, 0.4) is 0 Å². The van der Waals surface area contributed by atoms with Crippen LogP contribution in [-0.4, -0.2) is 17.5 Å². The first-order valence-electron chi connectivity index (χ1n) is 6.72. The molecule has 3 rings (SSSR count). The minimum atomic E-state index is 0.810. The number of hydrogen-bond acceptors (Lipinski definition) is 4. The Hall–Kier alpha value is -1.94. The van der Waals surface area contributed by atoms with E-state index in [0.29, 0.717) is 0 Å². The Morgan fingerprint density at radius 3 is 2.35 bits per heavy atom. The quantitative estimate of drug-likeness (QED) is 0.873. The van der Waals surface area contributed by atoms with Crippen LogP contribution in [0.5, 0.6) is 0 Å². The number of thioether (sulfide) groups is 1. The third-order valence-corrected chi connectivity index (χ3v) is 3.95. The van der Waals surface area contributed by atoms with Gasteiger partial charge < -0.3 is 0 Å². The lowest BCUT2D eigenvalue weighted by atomic mass is 10.2. The highest BCUT2D eigenvalue weighted by Crippen LogP contribution is 2.17. The fourth-order valence-electron chi connectivity index (χ4n) is 2.09. The van der Waals surface area contributed by atoms with Gasteiger partial charge in [-0.1, -0.05) is 60.3 Å². The van der Waals surface area contributed by atoms with E-state index >= 15 is 0 Å². The Labute approximate surface area is 123 Å². The van der Waals surface area contributed by atoms with Gasteiger partial charge in [-0.25, -0.2) is 0 Å². The van der Waals surface area contributed by atoms with Crippen molar-refractivity contribution >= 4 is 22.6 Å². The molecule has 0 bridgehead atoms. The number of nitrogens with zero attached hydrogens (tertiary/aromatic N) is 2. The zero-order chi connectivity index (χ0) is 13.6. The molecule has 2 aromatic carbocycles. The normalized spacial score (nSPS) is 13.9. The summed E-state index contributed by atoms with van der Waals surface area (Å²) in [7, 11) is 0. The van der Waals surface area contributed by atoms with Gasteiger partial charge in [0.2, 0.25) is 0 Å². The average Bonchev–Trinajstić information content (AvgIpc) is 3.02. The number of para-hydroxylation sites is 1. The molecule has 0 saturated carbocycles. The monoisotopic (exact) mass is 283 g/mol. The van der Waals surface area contributed by atoms with E-state index in [9.17, 15) is 0 Å². The van der Waals surface area contributed by atoms with Crippen molar-refractivity contribution in [2.75, 3.05) is 17.3 Å². The lowest BCUT2D eigenvalue weighted by Gasteiger charge is -2.26. The Morgan fingerprint density at radius 2 is 1.70 bits per heavy atom. The van der Waals surface area contributed by atoms with Crippen molar-refractivity contribution in [1.29, 1.82) is 0 Å². The Bertz CT molecular complexity index is 569. The Morgan fingerprint density at radius 1 is 1.00 bits per heavy atom. The molecule has 0 saturated heterocycles. The van der Waals surface area contributed by atoms with Crippen LogP contribution in [0.25, 0.3) is 0 Å². The Balaban J connectivity index is 1.79. The molecule has 0 spiro atoms. The summed E-state index contributed by atoms with van der Waals surface area (Å²) in [6.07, 6.45) is 0. The van der Waals surface area contributed by atoms with E-state index in [1.54, 1.807) is 11.8 Å². The third-order valence-electron chi connectivity index (χ3n) is 3.07. The van der Waals surface area contributed by atoms with Gasteiger partial charge in [0.05, 0.1) is 18.8 Å². The van der Waals surface area contributed by atoms with Crippen LogP contribution in [-0.2, 0) is 6.54 Å². The van der Waals surface area contributed by atoms with Gasteiger partial charge in [0.25, 0.3) is 0 Å². The molecule has 0 atom stereocenters. The number of nitrogens with one attached hydrogen (secondary N) is 1. The van der Waals surface area contributed by atoms with Crippen molar-refractivity contribution in [1.82, 2.24) is 5.43 Å². The number of rotatable bonds is 4. The van der Waals surface area contributed by atoms with Gasteiger partial charge in [-0.05, 0) is 17.7 Å². The van der Waals surface area contributed by atoms with Gasteiger partial charge in [-0.3, -0.25) is 15.4 Å². The lowest BCUT2D eigenvalue weighted by molar-refractivity contribution is 0.769. The molecule has 0 aromatic heterocycles. The maximum absolute atomic E-state index is 4.47. The molecule has 1 heterocycles. The molecule has 20 heavy (non-hydrogen) atoms. The zero-order valence-corrected chi connectivity index (χ0v) is 12.0. The van der Waals surface area contributed by atoms with E-state index in [1.165, 1.54) is 5.56 Å². The van der Waals surface area contributed by atoms with Crippen molar-refractivity contribution < 1.29 is 0 Å². The average molecular weight is 283 g/mol. The molecule has 1 N–H and O–H groups in total. The van der Waals surface area contributed by atoms with Crippen LogP contribution in [0.1, 0.15) is 5.56 Å². The van der Waals surface area contributed by atoms with Gasteiger partial charge in [0, 0.05) is 5.75 Å². The molecular weight excluding hydrogens is 266 g/mol. The first kappa shape index (κ1) is 13.1. The summed E-state index contributed by atoms with van der Waals surface area (Å²) in [6.45, 7) is 1.71. The summed E-state index contributed by atoms with van der Waals surface area (Å²) in [4.78, 5) is 4.47. The van der Waals surface area contributed by atoms with Crippen LogP contribution in [0.2, 0.25) is 0 Å². The summed E-state index contributed by atoms with van der Waals surface area (Å²) in [5.74, 6) is 1.07. The number of aliphatic imine (C=N–C) groups is 1. The highest BCUT2D eigenvalue weighted by Gasteiger charge is 2.12. The molecule has 0 radical (unpaired) electrons. The van der Waals surface area contributed by atoms with Crippen LogP contribution >= 0.6 is 11.8 Å². The second-order valence-corrected chi connectivity index (χ2v) is 5.64. The number of hydrazine groups is 1. The fraction of sp³-hybridized carbons (Fsp3) is 0.188. The van der Waals surface area contributed by atoms with Crippen molar-refractivity contribution in [2.24, 2.45) is 4.99 Å². The SMILES string of the molecule is c1ccc(CN(NC2=NCCS2)c2ccccc2)cc1.